The fourth-order valence-corrected chi connectivity index (χ4v) is 5.02. The van der Waals surface area contributed by atoms with E-state index in [9.17, 15) is 10.1 Å². The van der Waals surface area contributed by atoms with Crippen molar-refractivity contribution in [2.75, 3.05) is 26.3 Å². The Morgan fingerprint density at radius 3 is 2.59 bits per heavy atom. The highest BCUT2D eigenvalue weighted by atomic mass is 16.5. The largest absolute Gasteiger partial charge is 0.379 e. The van der Waals surface area contributed by atoms with Crippen molar-refractivity contribution < 1.29 is 9.53 Å². The summed E-state index contributed by atoms with van der Waals surface area (Å²) in [4.78, 5) is 15.1. The Morgan fingerprint density at radius 1 is 1.27 bits per heavy atom. The minimum atomic E-state index is -0.426. The molecule has 0 aromatic heterocycles. The smallest absolute Gasteiger partial charge is 0.178 e. The molecule has 2 aliphatic carbocycles. The maximum absolute atomic E-state index is 12.5. The molecule has 22 heavy (non-hydrogen) atoms. The van der Waals surface area contributed by atoms with E-state index in [-0.39, 0.29) is 11.2 Å². The number of Topliss-reactive ketones (excluding diaryl/α,β-unsaturated/α-hetero) is 1. The summed E-state index contributed by atoms with van der Waals surface area (Å²) in [6, 6.07) is 2.69. The molecule has 4 heteroatoms. The molecular formula is C18H26N2O2. The summed E-state index contributed by atoms with van der Waals surface area (Å²) in [5.41, 5.74) is -0.111. The summed E-state index contributed by atoms with van der Waals surface area (Å²) in [6.45, 7) is 9.94. The van der Waals surface area contributed by atoms with Gasteiger partial charge >= 0.3 is 0 Å². The van der Waals surface area contributed by atoms with Gasteiger partial charge in [0, 0.05) is 24.5 Å². The molecule has 1 aliphatic heterocycles. The average molecular weight is 302 g/mol. The lowest BCUT2D eigenvalue weighted by atomic mass is 9.52. The van der Waals surface area contributed by atoms with Crippen LogP contribution in [-0.2, 0) is 9.53 Å². The first kappa shape index (κ1) is 15.7. The van der Waals surface area contributed by atoms with Crippen molar-refractivity contribution in [2.45, 2.75) is 46.1 Å². The molecule has 2 fully saturated rings. The number of ether oxygens (including phenoxy) is 1. The number of nitrogens with zero attached hydrogens (tertiary/aromatic N) is 2. The molecule has 1 heterocycles. The first-order valence-corrected chi connectivity index (χ1v) is 8.38. The van der Waals surface area contributed by atoms with E-state index in [1.165, 1.54) is 0 Å². The summed E-state index contributed by atoms with van der Waals surface area (Å²) in [5.74, 6) is 0.365. The van der Waals surface area contributed by atoms with Crippen LogP contribution in [0.3, 0.4) is 0 Å². The molecule has 0 aromatic rings. The van der Waals surface area contributed by atoms with Crippen molar-refractivity contribution in [2.24, 2.45) is 16.7 Å². The zero-order chi connectivity index (χ0) is 16.0. The van der Waals surface area contributed by atoms with Gasteiger partial charge in [-0.2, -0.15) is 5.26 Å². The molecule has 1 saturated heterocycles. The van der Waals surface area contributed by atoms with Gasteiger partial charge in [-0.3, -0.25) is 9.69 Å². The average Bonchev–Trinajstić information content (AvgIpc) is 2.51. The third kappa shape index (κ3) is 2.41. The van der Waals surface area contributed by atoms with E-state index in [0.717, 1.165) is 45.6 Å². The summed E-state index contributed by atoms with van der Waals surface area (Å²) < 4.78 is 5.46. The Balaban J connectivity index is 1.88. The van der Waals surface area contributed by atoms with E-state index >= 15 is 0 Å². The number of nitriles is 1. The number of allylic oxidation sites excluding steroid dienone is 2. The second-order valence-electron chi connectivity index (χ2n) is 7.86. The van der Waals surface area contributed by atoms with Crippen LogP contribution in [0.5, 0.6) is 0 Å². The normalized spacial score (nSPS) is 38.8. The van der Waals surface area contributed by atoms with E-state index in [0.29, 0.717) is 17.5 Å². The van der Waals surface area contributed by atoms with Crippen LogP contribution in [0.15, 0.2) is 11.6 Å². The van der Waals surface area contributed by atoms with Gasteiger partial charge in [-0.1, -0.05) is 26.8 Å². The van der Waals surface area contributed by atoms with Crippen LogP contribution < -0.4 is 0 Å². The molecule has 1 saturated carbocycles. The van der Waals surface area contributed by atoms with Gasteiger partial charge in [-0.05, 0) is 30.6 Å². The third-order valence-corrected chi connectivity index (χ3v) is 6.12. The monoisotopic (exact) mass is 302 g/mol. The maximum Gasteiger partial charge on any atom is 0.178 e. The van der Waals surface area contributed by atoms with Crippen LogP contribution in [0.25, 0.3) is 0 Å². The zero-order valence-electron chi connectivity index (χ0n) is 13.9. The molecule has 0 unspecified atom stereocenters. The zero-order valence-corrected chi connectivity index (χ0v) is 13.9. The topological polar surface area (TPSA) is 53.3 Å². The number of hydrogen-bond acceptors (Lipinski definition) is 4. The third-order valence-electron chi connectivity index (χ3n) is 6.12. The Kier molecular flexibility index (Phi) is 3.91. The number of fused-ring (bicyclic) bond motifs is 1. The SMILES string of the molecule is CC1(C)C(=O)C(C#N)=C[C@]2(C)C[C@@H](N3CCOCC3)CC[C@@H]12. The van der Waals surface area contributed by atoms with Crippen LogP contribution in [0.1, 0.15) is 40.0 Å². The fraction of sp³-hybridized carbons (Fsp3) is 0.778. The summed E-state index contributed by atoms with van der Waals surface area (Å²) in [5, 5.41) is 9.35. The van der Waals surface area contributed by atoms with Gasteiger partial charge in [0.05, 0.1) is 18.8 Å². The highest BCUT2D eigenvalue weighted by Gasteiger charge is 2.53. The van der Waals surface area contributed by atoms with Gasteiger partial charge in [-0.25, -0.2) is 0 Å². The van der Waals surface area contributed by atoms with Crippen molar-refractivity contribution >= 4 is 5.78 Å². The van der Waals surface area contributed by atoms with Crippen molar-refractivity contribution in [3.63, 3.8) is 0 Å². The van der Waals surface area contributed by atoms with Crippen LogP contribution >= 0.6 is 0 Å². The molecule has 0 amide bonds. The number of carbonyl (C=O) groups excluding carboxylic acids is 1. The van der Waals surface area contributed by atoms with Gasteiger partial charge in [0.15, 0.2) is 5.78 Å². The Labute approximate surface area is 133 Å². The number of carbonyl (C=O) groups is 1. The van der Waals surface area contributed by atoms with Crippen LogP contribution in [0, 0.1) is 28.1 Å². The number of hydrogen-bond donors (Lipinski definition) is 0. The highest BCUT2D eigenvalue weighted by molar-refractivity contribution is 6.04. The van der Waals surface area contributed by atoms with Crippen molar-refractivity contribution in [3.8, 4) is 6.07 Å². The quantitative estimate of drug-likeness (QED) is 0.747. The fourth-order valence-electron chi connectivity index (χ4n) is 5.02. The molecule has 0 bridgehead atoms. The van der Waals surface area contributed by atoms with Gasteiger partial charge in [0.2, 0.25) is 0 Å². The molecule has 3 aliphatic rings. The minimum Gasteiger partial charge on any atom is -0.379 e. The minimum absolute atomic E-state index is 0.0299. The molecule has 120 valence electrons. The highest BCUT2D eigenvalue weighted by Crippen LogP contribution is 2.55. The summed E-state index contributed by atoms with van der Waals surface area (Å²) in [7, 11) is 0. The van der Waals surface area contributed by atoms with Gasteiger partial charge in [0.25, 0.3) is 0 Å². The number of morpholine rings is 1. The molecule has 0 spiro atoms. The number of rotatable bonds is 1. The standard InChI is InChI=1S/C18H26N2O2/c1-17(2)15-5-4-14(20-6-8-22-9-7-20)11-18(15,3)10-13(12-19)16(17)21/h10,14-15H,4-9,11H2,1-3H3/t14-,15-,18+/m0/s1. The lowest BCUT2D eigenvalue weighted by molar-refractivity contribution is -0.132. The van der Waals surface area contributed by atoms with Crippen LogP contribution in [0.2, 0.25) is 0 Å². The van der Waals surface area contributed by atoms with Crippen molar-refractivity contribution in [1.82, 2.24) is 4.90 Å². The van der Waals surface area contributed by atoms with E-state index in [4.69, 9.17) is 4.74 Å². The second kappa shape index (κ2) is 5.47. The van der Waals surface area contributed by atoms with Crippen molar-refractivity contribution in [3.05, 3.63) is 11.6 Å². The Morgan fingerprint density at radius 2 is 1.95 bits per heavy atom. The lowest BCUT2D eigenvalue weighted by Crippen LogP contribution is -2.54. The Hall–Kier alpha value is -1.18. The molecular weight excluding hydrogens is 276 g/mol. The van der Waals surface area contributed by atoms with Crippen LogP contribution in [-0.4, -0.2) is 43.0 Å². The summed E-state index contributed by atoms with van der Waals surface area (Å²) >= 11 is 0. The lowest BCUT2D eigenvalue weighted by Gasteiger charge is -2.54. The first-order chi connectivity index (χ1) is 10.4. The van der Waals surface area contributed by atoms with Gasteiger partial charge in [-0.15, -0.1) is 0 Å². The second-order valence-corrected chi connectivity index (χ2v) is 7.86. The van der Waals surface area contributed by atoms with Gasteiger partial charge < -0.3 is 4.74 Å². The van der Waals surface area contributed by atoms with Crippen LogP contribution in [0.4, 0.5) is 0 Å². The number of ketones is 1. The molecule has 0 N–H and O–H groups in total. The van der Waals surface area contributed by atoms with E-state index in [1.807, 2.05) is 19.9 Å². The molecule has 4 nitrogen and oxygen atoms in total. The van der Waals surface area contributed by atoms with Crippen molar-refractivity contribution in [1.29, 1.82) is 5.26 Å². The predicted molar refractivity (Wildman–Crippen MR) is 84.1 cm³/mol. The predicted octanol–water partition coefficient (Wildman–Crippen LogP) is 2.55. The van der Waals surface area contributed by atoms with Gasteiger partial charge in [0.1, 0.15) is 6.07 Å². The van der Waals surface area contributed by atoms with E-state index in [2.05, 4.69) is 17.9 Å². The molecule has 0 radical (unpaired) electrons. The first-order valence-electron chi connectivity index (χ1n) is 8.38. The molecule has 3 atom stereocenters. The van der Waals surface area contributed by atoms with E-state index < -0.39 is 5.41 Å². The summed E-state index contributed by atoms with van der Waals surface area (Å²) in [6.07, 6.45) is 5.23. The molecule has 0 aromatic carbocycles. The van der Waals surface area contributed by atoms with E-state index in [1.54, 1.807) is 0 Å². The maximum atomic E-state index is 12.5. The molecule has 3 rings (SSSR count). The Bertz CT molecular complexity index is 540.